The van der Waals surface area contributed by atoms with Gasteiger partial charge in [0.15, 0.2) is 0 Å². The molecule has 1 aromatic rings. The predicted octanol–water partition coefficient (Wildman–Crippen LogP) is -0.102. The fraction of sp³-hybridized carbons (Fsp3) is 0.389. The van der Waals surface area contributed by atoms with Crippen molar-refractivity contribution in [2.75, 3.05) is 6.54 Å². The van der Waals surface area contributed by atoms with Gasteiger partial charge in [0.25, 0.3) is 11.8 Å². The minimum absolute atomic E-state index is 0.0391. The summed E-state index contributed by atoms with van der Waals surface area (Å²) in [6, 6.07) is 3.95. The van der Waals surface area contributed by atoms with E-state index in [9.17, 15) is 24.0 Å². The quantitative estimate of drug-likeness (QED) is 0.617. The largest absolute Gasteiger partial charge is 0.481 e. The molecule has 2 heterocycles. The third-order valence-electron chi connectivity index (χ3n) is 4.82. The first kappa shape index (κ1) is 18.6. The van der Waals surface area contributed by atoms with E-state index in [1.54, 1.807) is 18.2 Å². The molecule has 9 heteroatoms. The molecule has 2 unspecified atom stereocenters. The van der Waals surface area contributed by atoms with Crippen molar-refractivity contribution in [2.45, 2.75) is 32.4 Å². The van der Waals surface area contributed by atoms with Crippen LogP contribution >= 0.6 is 0 Å². The van der Waals surface area contributed by atoms with Crippen molar-refractivity contribution in [1.29, 1.82) is 0 Å². The van der Waals surface area contributed by atoms with Gasteiger partial charge in [-0.3, -0.25) is 29.3 Å². The Bertz CT molecular complexity index is 849. The molecular weight excluding hydrogens is 354 g/mol. The number of fused-ring (bicyclic) bond motifs is 1. The van der Waals surface area contributed by atoms with Gasteiger partial charge in [-0.05, 0) is 24.1 Å². The molecule has 4 amide bonds. The highest BCUT2D eigenvalue weighted by Gasteiger charge is 2.40. The summed E-state index contributed by atoms with van der Waals surface area (Å²) in [7, 11) is 0. The first-order chi connectivity index (χ1) is 12.8. The SMILES string of the molecule is CC(CNC(=O)c1cccc2c1CN(C1CCC(=O)NC1=O)C2=O)C(=O)O. The van der Waals surface area contributed by atoms with E-state index in [1.165, 1.54) is 11.8 Å². The van der Waals surface area contributed by atoms with Gasteiger partial charge in [-0.15, -0.1) is 0 Å². The smallest absolute Gasteiger partial charge is 0.308 e. The van der Waals surface area contributed by atoms with Crippen LogP contribution in [0.25, 0.3) is 0 Å². The number of benzene rings is 1. The number of amides is 4. The van der Waals surface area contributed by atoms with E-state index in [2.05, 4.69) is 10.6 Å². The highest BCUT2D eigenvalue weighted by atomic mass is 16.4. The van der Waals surface area contributed by atoms with Crippen molar-refractivity contribution in [3.63, 3.8) is 0 Å². The standard InChI is InChI=1S/C18H19N3O6/c1-9(18(26)27)7-19-15(23)10-3-2-4-11-12(10)8-21(17(11)25)13-5-6-14(22)20-16(13)24/h2-4,9,13H,5-8H2,1H3,(H,19,23)(H,26,27)(H,20,22,24). The van der Waals surface area contributed by atoms with Crippen LogP contribution in [0.4, 0.5) is 0 Å². The van der Waals surface area contributed by atoms with Crippen LogP contribution in [0.15, 0.2) is 18.2 Å². The third kappa shape index (κ3) is 3.53. The van der Waals surface area contributed by atoms with Crippen LogP contribution in [0.5, 0.6) is 0 Å². The summed E-state index contributed by atoms with van der Waals surface area (Å²) in [5.41, 5.74) is 1.10. The second-order valence-electron chi connectivity index (χ2n) is 6.68. The molecule has 1 aromatic carbocycles. The summed E-state index contributed by atoms with van der Waals surface area (Å²) in [5.74, 6) is -3.49. The van der Waals surface area contributed by atoms with Crippen molar-refractivity contribution < 1.29 is 29.1 Å². The van der Waals surface area contributed by atoms with Crippen molar-refractivity contribution in [3.05, 3.63) is 34.9 Å². The zero-order chi connectivity index (χ0) is 19.7. The van der Waals surface area contributed by atoms with Gasteiger partial charge in [0.2, 0.25) is 11.8 Å². The number of piperidine rings is 1. The van der Waals surface area contributed by atoms with Crippen LogP contribution in [0, 0.1) is 5.92 Å². The molecule has 0 aliphatic carbocycles. The zero-order valence-electron chi connectivity index (χ0n) is 14.7. The Hall–Kier alpha value is -3.23. The molecule has 2 aliphatic heterocycles. The van der Waals surface area contributed by atoms with Crippen molar-refractivity contribution in [3.8, 4) is 0 Å². The first-order valence-electron chi connectivity index (χ1n) is 8.57. The summed E-state index contributed by atoms with van der Waals surface area (Å²) in [6.07, 6.45) is 0.388. The Morgan fingerprint density at radius 1 is 1.33 bits per heavy atom. The normalized spacial score (nSPS) is 20.1. The number of carboxylic acids is 1. The van der Waals surface area contributed by atoms with Crippen LogP contribution in [-0.4, -0.2) is 52.2 Å². The van der Waals surface area contributed by atoms with Crippen LogP contribution < -0.4 is 10.6 Å². The molecule has 27 heavy (non-hydrogen) atoms. The highest BCUT2D eigenvalue weighted by Crippen LogP contribution is 2.29. The average Bonchev–Trinajstić information content (AvgIpc) is 2.96. The van der Waals surface area contributed by atoms with Gasteiger partial charge in [-0.2, -0.15) is 0 Å². The van der Waals surface area contributed by atoms with E-state index in [0.717, 1.165) is 0 Å². The first-order valence-corrected chi connectivity index (χ1v) is 8.57. The molecule has 2 aliphatic rings. The molecule has 0 saturated carbocycles. The van der Waals surface area contributed by atoms with Crippen LogP contribution in [0.1, 0.15) is 46.0 Å². The van der Waals surface area contributed by atoms with Gasteiger partial charge in [-0.1, -0.05) is 13.0 Å². The van der Waals surface area contributed by atoms with Gasteiger partial charge >= 0.3 is 5.97 Å². The number of nitrogens with one attached hydrogen (secondary N) is 2. The van der Waals surface area contributed by atoms with Gasteiger partial charge in [-0.25, -0.2) is 0 Å². The summed E-state index contributed by atoms with van der Waals surface area (Å²) in [4.78, 5) is 60.8. The molecule has 1 fully saturated rings. The summed E-state index contributed by atoms with van der Waals surface area (Å²) in [5, 5.41) is 13.7. The molecule has 2 atom stereocenters. The number of aliphatic carboxylic acids is 1. The van der Waals surface area contributed by atoms with Crippen molar-refractivity contribution in [1.82, 2.24) is 15.5 Å². The Balaban J connectivity index is 1.79. The minimum Gasteiger partial charge on any atom is -0.481 e. The molecule has 3 N–H and O–H groups in total. The van der Waals surface area contributed by atoms with E-state index in [-0.39, 0.29) is 43.3 Å². The summed E-state index contributed by atoms with van der Waals surface area (Å²) < 4.78 is 0. The molecule has 9 nitrogen and oxygen atoms in total. The molecule has 3 rings (SSSR count). The van der Waals surface area contributed by atoms with Crippen LogP contribution in [0.3, 0.4) is 0 Å². The molecule has 1 saturated heterocycles. The number of hydrogen-bond donors (Lipinski definition) is 3. The fourth-order valence-corrected chi connectivity index (χ4v) is 3.23. The van der Waals surface area contributed by atoms with Crippen molar-refractivity contribution >= 4 is 29.6 Å². The molecule has 0 radical (unpaired) electrons. The minimum atomic E-state index is -1.02. The molecule has 0 spiro atoms. The van der Waals surface area contributed by atoms with E-state index in [1.807, 2.05) is 0 Å². The van der Waals surface area contributed by atoms with E-state index in [4.69, 9.17) is 5.11 Å². The number of hydrogen-bond acceptors (Lipinski definition) is 5. The van der Waals surface area contributed by atoms with E-state index >= 15 is 0 Å². The second kappa shape index (κ2) is 7.18. The van der Waals surface area contributed by atoms with Crippen molar-refractivity contribution in [2.24, 2.45) is 5.92 Å². The lowest BCUT2D eigenvalue weighted by Gasteiger charge is -2.29. The average molecular weight is 373 g/mol. The Morgan fingerprint density at radius 3 is 2.74 bits per heavy atom. The van der Waals surface area contributed by atoms with E-state index < -0.39 is 29.7 Å². The topological polar surface area (TPSA) is 133 Å². The second-order valence-corrected chi connectivity index (χ2v) is 6.68. The maximum Gasteiger partial charge on any atom is 0.308 e. The van der Waals surface area contributed by atoms with Crippen LogP contribution in [-0.2, 0) is 20.9 Å². The third-order valence-corrected chi connectivity index (χ3v) is 4.82. The van der Waals surface area contributed by atoms with Crippen LogP contribution in [0.2, 0.25) is 0 Å². The van der Waals surface area contributed by atoms with Gasteiger partial charge in [0.05, 0.1) is 5.92 Å². The zero-order valence-corrected chi connectivity index (χ0v) is 14.7. The molecule has 0 bridgehead atoms. The van der Waals surface area contributed by atoms with Gasteiger partial charge in [0, 0.05) is 30.6 Å². The number of carbonyl (C=O) groups is 5. The number of carboxylic acid groups (broad SMARTS) is 1. The lowest BCUT2D eigenvalue weighted by molar-refractivity contribution is -0.141. The monoisotopic (exact) mass is 373 g/mol. The highest BCUT2D eigenvalue weighted by molar-refractivity contribution is 6.07. The predicted molar refractivity (Wildman–Crippen MR) is 91.6 cm³/mol. The Morgan fingerprint density at radius 2 is 2.07 bits per heavy atom. The number of rotatable bonds is 5. The van der Waals surface area contributed by atoms with Gasteiger partial charge in [0.1, 0.15) is 6.04 Å². The fourth-order valence-electron chi connectivity index (χ4n) is 3.23. The maximum absolute atomic E-state index is 12.7. The Labute approximate surface area is 154 Å². The molecular formula is C18H19N3O6. The maximum atomic E-state index is 12.7. The summed E-state index contributed by atoms with van der Waals surface area (Å²) >= 11 is 0. The Kier molecular flexibility index (Phi) is 4.93. The molecule has 142 valence electrons. The number of imide groups is 1. The number of carbonyl (C=O) groups excluding carboxylic acids is 4. The lowest BCUT2D eigenvalue weighted by Crippen LogP contribution is -2.52. The summed E-state index contributed by atoms with van der Waals surface area (Å²) in [6.45, 7) is 1.52. The van der Waals surface area contributed by atoms with E-state index in [0.29, 0.717) is 11.1 Å². The lowest BCUT2D eigenvalue weighted by atomic mass is 10.0. The van der Waals surface area contributed by atoms with Gasteiger partial charge < -0.3 is 15.3 Å². The molecule has 0 aromatic heterocycles. The number of nitrogens with zero attached hydrogens (tertiary/aromatic N) is 1.